The first kappa shape index (κ1) is 17.9. The van der Waals surface area contributed by atoms with Crippen LogP contribution in [0.3, 0.4) is 0 Å². The fourth-order valence-corrected chi connectivity index (χ4v) is 3.97. The maximum atomic E-state index is 13.4. The predicted molar refractivity (Wildman–Crippen MR) is 97.6 cm³/mol. The highest BCUT2D eigenvalue weighted by Gasteiger charge is 2.20. The van der Waals surface area contributed by atoms with E-state index in [1.54, 1.807) is 12.1 Å². The van der Waals surface area contributed by atoms with Crippen LogP contribution in [0.1, 0.15) is 23.6 Å². The van der Waals surface area contributed by atoms with E-state index in [4.69, 9.17) is 4.74 Å². The standard InChI is InChI=1S/C19H23FN2O2S/c20-16-4-1-2-5-17(16)24-14-19(23)21-9-12-22-10-7-15(8-11-22)18-6-3-13-25-18/h1-6,13,15H,7-12,14H2,(H,21,23). The Morgan fingerprint density at radius 3 is 2.76 bits per heavy atom. The van der Waals surface area contributed by atoms with Crippen LogP contribution in [0.5, 0.6) is 5.75 Å². The van der Waals surface area contributed by atoms with Crippen LogP contribution in [0.4, 0.5) is 4.39 Å². The lowest BCUT2D eigenvalue weighted by molar-refractivity contribution is -0.123. The van der Waals surface area contributed by atoms with E-state index >= 15 is 0 Å². The lowest BCUT2D eigenvalue weighted by Crippen LogP contribution is -2.40. The molecule has 0 saturated carbocycles. The van der Waals surface area contributed by atoms with E-state index in [1.165, 1.54) is 29.9 Å². The van der Waals surface area contributed by atoms with Crippen LogP contribution >= 0.6 is 11.3 Å². The number of halogens is 1. The average Bonchev–Trinajstić information content (AvgIpc) is 3.16. The Hall–Kier alpha value is -1.92. The molecule has 0 radical (unpaired) electrons. The normalized spacial score (nSPS) is 15.9. The lowest BCUT2D eigenvalue weighted by Gasteiger charge is -2.31. The Morgan fingerprint density at radius 1 is 1.24 bits per heavy atom. The molecule has 1 aliphatic heterocycles. The first-order valence-electron chi connectivity index (χ1n) is 8.62. The minimum absolute atomic E-state index is 0.105. The van der Waals surface area contributed by atoms with E-state index in [0.717, 1.165) is 19.6 Å². The zero-order valence-corrected chi connectivity index (χ0v) is 14.9. The van der Waals surface area contributed by atoms with Crippen LogP contribution in [0, 0.1) is 5.82 Å². The second-order valence-electron chi connectivity index (χ2n) is 6.20. The molecule has 3 rings (SSSR count). The van der Waals surface area contributed by atoms with Crippen molar-refractivity contribution in [1.29, 1.82) is 0 Å². The van der Waals surface area contributed by atoms with Crippen LogP contribution in [-0.2, 0) is 4.79 Å². The van der Waals surface area contributed by atoms with Gasteiger partial charge in [-0.2, -0.15) is 0 Å². The van der Waals surface area contributed by atoms with Gasteiger partial charge in [0.25, 0.3) is 5.91 Å². The molecule has 1 aromatic heterocycles. The number of para-hydroxylation sites is 1. The smallest absolute Gasteiger partial charge is 0.257 e. The van der Waals surface area contributed by atoms with Gasteiger partial charge >= 0.3 is 0 Å². The molecule has 1 aliphatic rings. The van der Waals surface area contributed by atoms with E-state index in [-0.39, 0.29) is 18.3 Å². The number of benzene rings is 1. The summed E-state index contributed by atoms with van der Waals surface area (Å²) in [5, 5.41) is 4.97. The number of likely N-dealkylation sites (tertiary alicyclic amines) is 1. The van der Waals surface area contributed by atoms with Gasteiger partial charge in [0.2, 0.25) is 0 Å². The number of rotatable bonds is 7. The molecule has 1 aromatic carbocycles. The number of hydrogen-bond donors (Lipinski definition) is 1. The van der Waals surface area contributed by atoms with Crippen molar-refractivity contribution in [2.24, 2.45) is 0 Å². The van der Waals surface area contributed by atoms with Crippen molar-refractivity contribution in [3.05, 3.63) is 52.5 Å². The average molecular weight is 362 g/mol. The molecule has 0 aliphatic carbocycles. The first-order valence-corrected chi connectivity index (χ1v) is 9.50. The zero-order chi connectivity index (χ0) is 17.5. The van der Waals surface area contributed by atoms with Gasteiger partial charge in [0.1, 0.15) is 0 Å². The molecule has 134 valence electrons. The maximum Gasteiger partial charge on any atom is 0.257 e. The van der Waals surface area contributed by atoms with Crippen molar-refractivity contribution >= 4 is 17.2 Å². The summed E-state index contributed by atoms with van der Waals surface area (Å²) in [7, 11) is 0. The van der Waals surface area contributed by atoms with Crippen LogP contribution in [-0.4, -0.2) is 43.6 Å². The number of carbonyl (C=O) groups excluding carboxylic acids is 1. The van der Waals surface area contributed by atoms with Crippen molar-refractivity contribution in [3.8, 4) is 5.75 Å². The van der Waals surface area contributed by atoms with Gasteiger partial charge in [0.15, 0.2) is 18.2 Å². The highest BCUT2D eigenvalue weighted by molar-refractivity contribution is 7.10. The number of hydrogen-bond acceptors (Lipinski definition) is 4. The number of amides is 1. The predicted octanol–water partition coefficient (Wildman–Crippen LogP) is 3.26. The molecule has 25 heavy (non-hydrogen) atoms. The van der Waals surface area contributed by atoms with E-state index < -0.39 is 5.82 Å². The maximum absolute atomic E-state index is 13.4. The van der Waals surface area contributed by atoms with Crippen molar-refractivity contribution in [3.63, 3.8) is 0 Å². The zero-order valence-electron chi connectivity index (χ0n) is 14.1. The summed E-state index contributed by atoms with van der Waals surface area (Å²) >= 11 is 1.84. The largest absolute Gasteiger partial charge is 0.481 e. The Balaban J connectivity index is 1.31. The van der Waals surface area contributed by atoms with Crippen LogP contribution < -0.4 is 10.1 Å². The summed E-state index contributed by atoms with van der Waals surface area (Å²) in [5.74, 6) is 0.106. The molecule has 2 heterocycles. The number of piperidine rings is 1. The Bertz CT molecular complexity index is 670. The van der Waals surface area contributed by atoms with Crippen LogP contribution in [0.15, 0.2) is 41.8 Å². The first-order chi connectivity index (χ1) is 12.2. The highest BCUT2D eigenvalue weighted by atomic mass is 32.1. The third kappa shape index (κ3) is 5.28. The van der Waals surface area contributed by atoms with Crippen LogP contribution in [0.2, 0.25) is 0 Å². The fourth-order valence-electron chi connectivity index (χ4n) is 3.07. The molecule has 2 aromatic rings. The SMILES string of the molecule is O=C(COc1ccccc1F)NCCN1CCC(c2cccs2)CC1. The molecule has 0 bridgehead atoms. The number of carbonyl (C=O) groups is 1. The lowest BCUT2D eigenvalue weighted by atomic mass is 9.95. The number of ether oxygens (including phenoxy) is 1. The molecular weight excluding hydrogens is 339 g/mol. The molecular formula is C19H23FN2O2S. The Labute approximate surface area is 151 Å². The van der Waals surface area contributed by atoms with Gasteiger partial charge in [-0.1, -0.05) is 18.2 Å². The van der Waals surface area contributed by atoms with Gasteiger partial charge in [-0.25, -0.2) is 4.39 Å². The van der Waals surface area contributed by atoms with Gasteiger partial charge in [-0.05, 0) is 55.4 Å². The van der Waals surface area contributed by atoms with E-state index in [2.05, 4.69) is 27.7 Å². The van der Waals surface area contributed by atoms with Crippen molar-refractivity contribution in [2.75, 3.05) is 32.8 Å². The van der Waals surface area contributed by atoms with E-state index in [9.17, 15) is 9.18 Å². The molecule has 4 nitrogen and oxygen atoms in total. The van der Waals surface area contributed by atoms with Gasteiger partial charge in [-0.15, -0.1) is 11.3 Å². The monoisotopic (exact) mass is 362 g/mol. The fraction of sp³-hybridized carbons (Fsp3) is 0.421. The van der Waals surface area contributed by atoms with Gasteiger partial charge in [0, 0.05) is 18.0 Å². The number of thiophene rings is 1. The van der Waals surface area contributed by atoms with Crippen LogP contribution in [0.25, 0.3) is 0 Å². The van der Waals surface area contributed by atoms with E-state index in [1.807, 2.05) is 11.3 Å². The molecule has 1 amide bonds. The molecule has 1 fully saturated rings. The Morgan fingerprint density at radius 2 is 2.04 bits per heavy atom. The third-order valence-corrected chi connectivity index (χ3v) is 5.51. The van der Waals surface area contributed by atoms with Crippen molar-refractivity contribution < 1.29 is 13.9 Å². The molecule has 6 heteroatoms. The molecule has 0 spiro atoms. The Kier molecular flexibility index (Phi) is 6.42. The molecule has 1 saturated heterocycles. The minimum atomic E-state index is -0.455. The van der Waals surface area contributed by atoms with Crippen molar-refractivity contribution in [2.45, 2.75) is 18.8 Å². The molecule has 1 N–H and O–H groups in total. The number of nitrogens with one attached hydrogen (secondary N) is 1. The second-order valence-corrected chi connectivity index (χ2v) is 7.18. The molecule has 0 atom stereocenters. The van der Waals surface area contributed by atoms with Gasteiger partial charge in [-0.3, -0.25) is 4.79 Å². The summed E-state index contributed by atoms with van der Waals surface area (Å²) in [6, 6.07) is 10.4. The van der Waals surface area contributed by atoms with Gasteiger partial charge in [0.05, 0.1) is 0 Å². The third-order valence-electron chi connectivity index (χ3n) is 4.48. The quantitative estimate of drug-likeness (QED) is 0.822. The summed E-state index contributed by atoms with van der Waals surface area (Å²) in [5.41, 5.74) is 0. The summed E-state index contributed by atoms with van der Waals surface area (Å²) in [6.45, 7) is 3.38. The summed E-state index contributed by atoms with van der Waals surface area (Å²) < 4.78 is 18.6. The minimum Gasteiger partial charge on any atom is -0.481 e. The summed E-state index contributed by atoms with van der Waals surface area (Å²) in [4.78, 5) is 15.7. The topological polar surface area (TPSA) is 41.6 Å². The van der Waals surface area contributed by atoms with E-state index in [0.29, 0.717) is 12.5 Å². The van der Waals surface area contributed by atoms with Crippen molar-refractivity contribution in [1.82, 2.24) is 10.2 Å². The highest BCUT2D eigenvalue weighted by Crippen LogP contribution is 2.30. The summed E-state index contributed by atoms with van der Waals surface area (Å²) in [6.07, 6.45) is 2.34. The second kappa shape index (κ2) is 8.97. The molecule has 0 unspecified atom stereocenters. The number of nitrogens with zero attached hydrogens (tertiary/aromatic N) is 1. The van der Waals surface area contributed by atoms with Gasteiger partial charge < -0.3 is 15.0 Å².